The van der Waals surface area contributed by atoms with E-state index in [1.54, 1.807) is 0 Å². The Bertz CT molecular complexity index is 633. The van der Waals surface area contributed by atoms with E-state index in [0.29, 0.717) is 11.9 Å². The Morgan fingerprint density at radius 2 is 2.38 bits per heavy atom. The van der Waals surface area contributed by atoms with Crippen LogP contribution in [0.1, 0.15) is 29.8 Å². The summed E-state index contributed by atoms with van der Waals surface area (Å²) in [4.78, 5) is 15.0. The Morgan fingerprint density at radius 1 is 1.52 bits per heavy atom. The van der Waals surface area contributed by atoms with Crippen LogP contribution in [-0.4, -0.2) is 33.7 Å². The molecule has 1 atom stereocenters. The SMILES string of the molecule is CC(=O)Nc1ccn(C2CCN(Cc3sccc3C)C2)n1. The Labute approximate surface area is 128 Å². The van der Waals surface area contributed by atoms with E-state index in [1.807, 2.05) is 28.3 Å². The molecule has 0 aromatic carbocycles. The summed E-state index contributed by atoms with van der Waals surface area (Å²) in [6.45, 7) is 6.81. The van der Waals surface area contributed by atoms with Gasteiger partial charge >= 0.3 is 0 Å². The molecule has 5 nitrogen and oxygen atoms in total. The van der Waals surface area contributed by atoms with Crippen molar-refractivity contribution in [2.45, 2.75) is 32.9 Å². The summed E-state index contributed by atoms with van der Waals surface area (Å²) in [5, 5.41) is 9.32. The van der Waals surface area contributed by atoms with Crippen LogP contribution >= 0.6 is 11.3 Å². The van der Waals surface area contributed by atoms with E-state index < -0.39 is 0 Å². The molecule has 6 heteroatoms. The minimum atomic E-state index is -0.0820. The van der Waals surface area contributed by atoms with Crippen molar-refractivity contribution in [1.29, 1.82) is 0 Å². The molecule has 1 unspecified atom stereocenters. The number of nitrogens with zero attached hydrogens (tertiary/aromatic N) is 3. The molecule has 1 aliphatic heterocycles. The van der Waals surface area contributed by atoms with E-state index in [4.69, 9.17) is 0 Å². The molecule has 1 amide bonds. The molecule has 2 aromatic heterocycles. The quantitative estimate of drug-likeness (QED) is 0.945. The average molecular weight is 304 g/mol. The summed E-state index contributed by atoms with van der Waals surface area (Å²) in [5.41, 5.74) is 1.38. The highest BCUT2D eigenvalue weighted by molar-refractivity contribution is 7.10. The molecule has 0 bridgehead atoms. The molecule has 1 saturated heterocycles. The Hall–Kier alpha value is -1.66. The molecule has 3 rings (SSSR count). The third kappa shape index (κ3) is 3.33. The molecular formula is C15H20N4OS. The second-order valence-corrected chi connectivity index (χ2v) is 6.57. The standard InChI is InChI=1S/C15H20N4OS/c1-11-5-8-21-14(11)10-18-6-3-13(9-18)19-7-4-15(17-19)16-12(2)20/h4-5,7-8,13H,3,6,9-10H2,1-2H3,(H,16,17,20). The molecule has 0 spiro atoms. The molecule has 3 heterocycles. The molecule has 1 aliphatic rings. The van der Waals surface area contributed by atoms with Crippen molar-refractivity contribution in [3.05, 3.63) is 34.2 Å². The molecule has 1 fully saturated rings. The fourth-order valence-electron chi connectivity index (χ4n) is 2.73. The lowest BCUT2D eigenvalue weighted by atomic mass is 10.3. The van der Waals surface area contributed by atoms with E-state index in [2.05, 4.69) is 33.7 Å². The van der Waals surface area contributed by atoms with Crippen molar-refractivity contribution in [2.75, 3.05) is 18.4 Å². The molecule has 112 valence electrons. The van der Waals surface area contributed by atoms with Gasteiger partial charge in [0.2, 0.25) is 5.91 Å². The number of hydrogen-bond donors (Lipinski definition) is 1. The number of likely N-dealkylation sites (tertiary alicyclic amines) is 1. The van der Waals surface area contributed by atoms with Crippen LogP contribution in [0.15, 0.2) is 23.7 Å². The normalized spacial score (nSPS) is 19.0. The number of aromatic nitrogens is 2. The maximum Gasteiger partial charge on any atom is 0.222 e. The minimum absolute atomic E-state index is 0.0820. The van der Waals surface area contributed by atoms with Crippen molar-refractivity contribution in [3.8, 4) is 0 Å². The molecule has 0 saturated carbocycles. The van der Waals surface area contributed by atoms with E-state index in [-0.39, 0.29) is 5.91 Å². The summed E-state index contributed by atoms with van der Waals surface area (Å²) in [5.74, 6) is 0.552. The number of nitrogens with one attached hydrogen (secondary N) is 1. The van der Waals surface area contributed by atoms with E-state index in [9.17, 15) is 4.79 Å². The highest BCUT2D eigenvalue weighted by Crippen LogP contribution is 2.25. The molecule has 21 heavy (non-hydrogen) atoms. The van der Waals surface area contributed by atoms with Crippen LogP contribution < -0.4 is 5.32 Å². The summed E-state index contributed by atoms with van der Waals surface area (Å²) in [6, 6.07) is 4.43. The predicted molar refractivity (Wildman–Crippen MR) is 84.5 cm³/mol. The number of rotatable bonds is 4. The van der Waals surface area contributed by atoms with Gasteiger partial charge in [0, 0.05) is 43.7 Å². The van der Waals surface area contributed by atoms with Crippen molar-refractivity contribution in [2.24, 2.45) is 0 Å². The van der Waals surface area contributed by atoms with Crippen LogP contribution in [0.25, 0.3) is 0 Å². The lowest BCUT2D eigenvalue weighted by Crippen LogP contribution is -2.21. The molecule has 1 N–H and O–H groups in total. The fraction of sp³-hybridized carbons (Fsp3) is 0.467. The van der Waals surface area contributed by atoms with Gasteiger partial charge in [-0.2, -0.15) is 5.10 Å². The Kier molecular flexibility index (Phi) is 4.07. The van der Waals surface area contributed by atoms with Gasteiger partial charge in [-0.3, -0.25) is 14.4 Å². The van der Waals surface area contributed by atoms with Crippen molar-refractivity contribution < 1.29 is 4.79 Å². The monoisotopic (exact) mass is 304 g/mol. The largest absolute Gasteiger partial charge is 0.309 e. The van der Waals surface area contributed by atoms with E-state index >= 15 is 0 Å². The average Bonchev–Trinajstić information content (AvgIpc) is 3.12. The number of anilines is 1. The van der Waals surface area contributed by atoms with Gasteiger partial charge < -0.3 is 5.32 Å². The van der Waals surface area contributed by atoms with Crippen LogP contribution in [0.4, 0.5) is 5.82 Å². The van der Waals surface area contributed by atoms with Gasteiger partial charge in [-0.15, -0.1) is 11.3 Å². The molecule has 2 aromatic rings. The lowest BCUT2D eigenvalue weighted by Gasteiger charge is -2.15. The van der Waals surface area contributed by atoms with Crippen LogP contribution in [-0.2, 0) is 11.3 Å². The number of carbonyl (C=O) groups is 1. The molecule has 0 radical (unpaired) electrons. The van der Waals surface area contributed by atoms with Gasteiger partial charge in [0.15, 0.2) is 5.82 Å². The van der Waals surface area contributed by atoms with E-state index in [1.165, 1.54) is 17.4 Å². The minimum Gasteiger partial charge on any atom is -0.309 e. The zero-order valence-corrected chi connectivity index (χ0v) is 13.2. The number of hydrogen-bond acceptors (Lipinski definition) is 4. The first-order valence-corrected chi connectivity index (χ1v) is 8.08. The van der Waals surface area contributed by atoms with Crippen molar-refractivity contribution in [3.63, 3.8) is 0 Å². The summed E-state index contributed by atoms with van der Waals surface area (Å²) >= 11 is 1.83. The smallest absolute Gasteiger partial charge is 0.222 e. The Balaban J connectivity index is 1.60. The summed E-state index contributed by atoms with van der Waals surface area (Å²) < 4.78 is 1.98. The topological polar surface area (TPSA) is 50.2 Å². The van der Waals surface area contributed by atoms with Crippen molar-refractivity contribution in [1.82, 2.24) is 14.7 Å². The maximum absolute atomic E-state index is 11.0. The van der Waals surface area contributed by atoms with Gasteiger partial charge in [-0.25, -0.2) is 0 Å². The van der Waals surface area contributed by atoms with Gasteiger partial charge in [0.25, 0.3) is 0 Å². The number of aryl methyl sites for hydroxylation is 1. The number of carbonyl (C=O) groups excluding carboxylic acids is 1. The maximum atomic E-state index is 11.0. The van der Waals surface area contributed by atoms with Crippen LogP contribution in [0.5, 0.6) is 0 Å². The van der Waals surface area contributed by atoms with E-state index in [0.717, 1.165) is 26.1 Å². The third-order valence-electron chi connectivity index (χ3n) is 3.87. The summed E-state index contributed by atoms with van der Waals surface area (Å²) in [6.07, 6.45) is 3.06. The first kappa shape index (κ1) is 14.3. The van der Waals surface area contributed by atoms with Crippen LogP contribution in [0.3, 0.4) is 0 Å². The lowest BCUT2D eigenvalue weighted by molar-refractivity contribution is -0.114. The van der Waals surface area contributed by atoms with Crippen LogP contribution in [0, 0.1) is 6.92 Å². The van der Waals surface area contributed by atoms with Crippen LogP contribution in [0.2, 0.25) is 0 Å². The van der Waals surface area contributed by atoms with Gasteiger partial charge in [-0.1, -0.05) is 0 Å². The van der Waals surface area contributed by atoms with Gasteiger partial charge in [-0.05, 0) is 30.4 Å². The van der Waals surface area contributed by atoms with Gasteiger partial charge in [0.1, 0.15) is 0 Å². The highest BCUT2D eigenvalue weighted by Gasteiger charge is 2.25. The summed E-state index contributed by atoms with van der Waals surface area (Å²) in [7, 11) is 0. The first-order valence-electron chi connectivity index (χ1n) is 7.20. The Morgan fingerprint density at radius 3 is 3.10 bits per heavy atom. The fourth-order valence-corrected chi connectivity index (χ4v) is 3.68. The zero-order valence-electron chi connectivity index (χ0n) is 12.4. The number of amides is 1. The molecular weight excluding hydrogens is 284 g/mol. The predicted octanol–water partition coefficient (Wildman–Crippen LogP) is 2.66. The van der Waals surface area contributed by atoms with Gasteiger partial charge in [0.05, 0.1) is 6.04 Å². The second-order valence-electron chi connectivity index (χ2n) is 5.57. The molecule has 0 aliphatic carbocycles. The third-order valence-corrected chi connectivity index (χ3v) is 4.88. The zero-order chi connectivity index (χ0) is 14.8. The number of thiophene rings is 1. The second kappa shape index (κ2) is 5.99. The van der Waals surface area contributed by atoms with Crippen molar-refractivity contribution >= 4 is 23.1 Å². The first-order chi connectivity index (χ1) is 10.1. The highest BCUT2D eigenvalue weighted by atomic mass is 32.1.